The second-order valence-corrected chi connectivity index (χ2v) is 7.12. The van der Waals surface area contributed by atoms with Gasteiger partial charge in [-0.2, -0.15) is 0 Å². The first-order valence-corrected chi connectivity index (χ1v) is 9.20. The molecular formula is C23H18N2O5. The van der Waals surface area contributed by atoms with Crippen molar-refractivity contribution in [2.75, 3.05) is 5.32 Å². The van der Waals surface area contributed by atoms with Gasteiger partial charge in [0.25, 0.3) is 5.91 Å². The fourth-order valence-electron chi connectivity index (χ4n) is 3.71. The van der Waals surface area contributed by atoms with E-state index < -0.39 is 11.9 Å². The second-order valence-electron chi connectivity index (χ2n) is 7.12. The van der Waals surface area contributed by atoms with E-state index in [2.05, 4.69) is 10.3 Å². The SMILES string of the molecule is Cc1[nH]c(/C=C2\C(=O)Nc3cc(-c4ccc(C(=O)O)cc4)ccc32)c(C)c1C(=O)O. The first-order chi connectivity index (χ1) is 14.3. The molecule has 7 nitrogen and oxygen atoms in total. The smallest absolute Gasteiger partial charge is 0.337 e. The van der Waals surface area contributed by atoms with Gasteiger partial charge in [0.05, 0.1) is 16.7 Å². The van der Waals surface area contributed by atoms with Crippen LogP contribution in [0, 0.1) is 13.8 Å². The lowest BCUT2D eigenvalue weighted by atomic mass is 9.99. The van der Waals surface area contributed by atoms with Crippen molar-refractivity contribution in [3.05, 3.63) is 76.1 Å². The molecular weight excluding hydrogens is 384 g/mol. The highest BCUT2D eigenvalue weighted by molar-refractivity contribution is 6.35. The number of hydrogen-bond acceptors (Lipinski definition) is 3. The molecule has 2 aromatic carbocycles. The number of carboxylic acid groups (broad SMARTS) is 2. The number of nitrogens with one attached hydrogen (secondary N) is 2. The van der Waals surface area contributed by atoms with Crippen molar-refractivity contribution >= 4 is 35.2 Å². The van der Waals surface area contributed by atoms with Gasteiger partial charge in [0.15, 0.2) is 0 Å². The molecule has 0 unspecified atom stereocenters. The van der Waals surface area contributed by atoms with E-state index in [9.17, 15) is 19.5 Å². The van der Waals surface area contributed by atoms with E-state index in [1.54, 1.807) is 32.1 Å². The fraction of sp³-hybridized carbons (Fsp3) is 0.0870. The molecule has 150 valence electrons. The van der Waals surface area contributed by atoms with Crippen LogP contribution in [0.1, 0.15) is 43.2 Å². The van der Waals surface area contributed by atoms with Crippen LogP contribution in [0.2, 0.25) is 0 Å². The molecule has 0 radical (unpaired) electrons. The Balaban J connectivity index is 1.72. The molecule has 0 fully saturated rings. The van der Waals surface area contributed by atoms with Crippen LogP contribution in [0.4, 0.5) is 5.69 Å². The van der Waals surface area contributed by atoms with Gasteiger partial charge in [-0.25, -0.2) is 9.59 Å². The summed E-state index contributed by atoms with van der Waals surface area (Å²) in [6, 6.07) is 12.0. The minimum atomic E-state index is -1.01. The zero-order valence-electron chi connectivity index (χ0n) is 16.2. The first-order valence-electron chi connectivity index (χ1n) is 9.20. The number of carboxylic acids is 2. The molecule has 0 saturated heterocycles. The maximum absolute atomic E-state index is 12.6. The number of hydrogen-bond donors (Lipinski definition) is 4. The van der Waals surface area contributed by atoms with Crippen LogP contribution < -0.4 is 5.32 Å². The number of benzene rings is 2. The van der Waals surface area contributed by atoms with Gasteiger partial charge in [0.1, 0.15) is 0 Å². The quantitative estimate of drug-likeness (QED) is 0.488. The van der Waals surface area contributed by atoms with Crippen molar-refractivity contribution in [3.8, 4) is 11.1 Å². The van der Waals surface area contributed by atoms with E-state index >= 15 is 0 Å². The largest absolute Gasteiger partial charge is 0.478 e. The molecule has 0 atom stereocenters. The van der Waals surface area contributed by atoms with Gasteiger partial charge < -0.3 is 20.5 Å². The summed E-state index contributed by atoms with van der Waals surface area (Å²) in [6.45, 7) is 3.39. The van der Waals surface area contributed by atoms with E-state index in [-0.39, 0.29) is 17.0 Å². The average molecular weight is 402 g/mol. The van der Waals surface area contributed by atoms with Crippen molar-refractivity contribution in [1.82, 2.24) is 4.98 Å². The van der Waals surface area contributed by atoms with Crippen LogP contribution in [0.3, 0.4) is 0 Å². The van der Waals surface area contributed by atoms with Gasteiger partial charge in [-0.05, 0) is 54.8 Å². The lowest BCUT2D eigenvalue weighted by Crippen LogP contribution is -2.03. The van der Waals surface area contributed by atoms with Crippen LogP contribution in [-0.2, 0) is 4.79 Å². The van der Waals surface area contributed by atoms with Crippen molar-refractivity contribution in [3.63, 3.8) is 0 Å². The third kappa shape index (κ3) is 3.16. The third-order valence-corrected chi connectivity index (χ3v) is 5.25. The third-order valence-electron chi connectivity index (χ3n) is 5.25. The van der Waals surface area contributed by atoms with Gasteiger partial charge in [-0.3, -0.25) is 4.79 Å². The molecule has 4 N–H and O–H groups in total. The highest BCUT2D eigenvalue weighted by atomic mass is 16.4. The Morgan fingerprint density at radius 2 is 1.60 bits per heavy atom. The summed E-state index contributed by atoms with van der Waals surface area (Å²) < 4.78 is 0. The summed E-state index contributed by atoms with van der Waals surface area (Å²) >= 11 is 0. The number of carbonyl (C=O) groups is 3. The fourth-order valence-corrected chi connectivity index (χ4v) is 3.71. The number of aromatic nitrogens is 1. The monoisotopic (exact) mass is 402 g/mol. The van der Waals surface area contributed by atoms with Crippen molar-refractivity contribution in [2.24, 2.45) is 0 Å². The summed E-state index contributed by atoms with van der Waals surface area (Å²) in [4.78, 5) is 38.1. The van der Waals surface area contributed by atoms with Crippen LogP contribution in [0.5, 0.6) is 0 Å². The Hall–Kier alpha value is -4.13. The first kappa shape index (κ1) is 19.2. The van der Waals surface area contributed by atoms with Crippen LogP contribution in [0.15, 0.2) is 42.5 Å². The zero-order chi connectivity index (χ0) is 21.6. The Kier molecular flexibility index (Phi) is 4.50. The molecule has 30 heavy (non-hydrogen) atoms. The Morgan fingerprint density at radius 1 is 0.933 bits per heavy atom. The minimum Gasteiger partial charge on any atom is -0.478 e. The Labute approximate surface area is 171 Å². The maximum atomic E-state index is 12.6. The van der Waals surface area contributed by atoms with Gasteiger partial charge in [0.2, 0.25) is 0 Å². The average Bonchev–Trinajstić information content (AvgIpc) is 3.16. The summed E-state index contributed by atoms with van der Waals surface area (Å²) in [5.74, 6) is -2.27. The topological polar surface area (TPSA) is 119 Å². The molecule has 3 aromatic rings. The molecule has 1 aliphatic rings. The maximum Gasteiger partial charge on any atom is 0.337 e. The lowest BCUT2D eigenvalue weighted by Gasteiger charge is -2.05. The number of amides is 1. The zero-order valence-corrected chi connectivity index (χ0v) is 16.2. The van der Waals surface area contributed by atoms with Gasteiger partial charge in [-0.1, -0.05) is 24.3 Å². The molecule has 4 rings (SSSR count). The van der Waals surface area contributed by atoms with E-state index in [0.717, 1.165) is 16.7 Å². The minimum absolute atomic E-state index is 0.204. The molecule has 1 amide bonds. The molecule has 7 heteroatoms. The standard InChI is InChI=1S/C23H18N2O5/c1-11-18(24-12(2)20(11)23(29)30)10-17-16-8-7-15(9-19(16)25-21(17)26)13-3-5-14(6-4-13)22(27)28/h3-10,24H,1-2H3,(H,25,26)(H,27,28)(H,29,30)/b17-10-. The molecule has 2 heterocycles. The number of fused-ring (bicyclic) bond motifs is 1. The number of aromatic carboxylic acids is 2. The molecule has 0 spiro atoms. The number of H-pyrrole nitrogens is 1. The Morgan fingerprint density at radius 3 is 2.20 bits per heavy atom. The molecule has 1 aliphatic heterocycles. The van der Waals surface area contributed by atoms with Crippen LogP contribution in [-0.4, -0.2) is 33.0 Å². The number of rotatable bonds is 4. The predicted octanol–water partition coefficient (Wildman–Crippen LogP) is 4.19. The number of carbonyl (C=O) groups excluding carboxylic acids is 1. The van der Waals surface area contributed by atoms with Gasteiger partial charge in [0, 0.05) is 22.6 Å². The van der Waals surface area contributed by atoms with Crippen molar-refractivity contribution in [1.29, 1.82) is 0 Å². The highest BCUT2D eigenvalue weighted by Gasteiger charge is 2.26. The highest BCUT2D eigenvalue weighted by Crippen LogP contribution is 2.37. The number of aromatic amines is 1. The van der Waals surface area contributed by atoms with Crippen LogP contribution in [0.25, 0.3) is 22.8 Å². The van der Waals surface area contributed by atoms with E-state index in [0.29, 0.717) is 28.2 Å². The van der Waals surface area contributed by atoms with E-state index in [4.69, 9.17) is 5.11 Å². The van der Waals surface area contributed by atoms with E-state index in [1.165, 1.54) is 12.1 Å². The van der Waals surface area contributed by atoms with E-state index in [1.807, 2.05) is 18.2 Å². The molecule has 1 aromatic heterocycles. The second kappa shape index (κ2) is 7.04. The summed E-state index contributed by atoms with van der Waals surface area (Å²) in [5.41, 5.74) is 5.57. The van der Waals surface area contributed by atoms with Crippen molar-refractivity contribution in [2.45, 2.75) is 13.8 Å². The molecule has 0 aliphatic carbocycles. The normalized spacial score (nSPS) is 13.9. The molecule has 0 saturated carbocycles. The number of aryl methyl sites for hydroxylation is 1. The van der Waals surface area contributed by atoms with Gasteiger partial charge in [-0.15, -0.1) is 0 Å². The van der Waals surface area contributed by atoms with Crippen molar-refractivity contribution < 1.29 is 24.6 Å². The summed E-state index contributed by atoms with van der Waals surface area (Å²) in [5, 5.41) is 21.2. The molecule has 0 bridgehead atoms. The van der Waals surface area contributed by atoms with Crippen LogP contribution >= 0.6 is 0 Å². The summed E-state index contributed by atoms with van der Waals surface area (Å²) in [6.07, 6.45) is 1.66. The predicted molar refractivity (Wildman–Crippen MR) is 113 cm³/mol. The lowest BCUT2D eigenvalue weighted by molar-refractivity contribution is -0.110. The number of anilines is 1. The summed E-state index contributed by atoms with van der Waals surface area (Å²) in [7, 11) is 0. The Bertz CT molecular complexity index is 1250. The van der Waals surface area contributed by atoms with Gasteiger partial charge >= 0.3 is 11.9 Å².